The molecule has 3 aromatic heterocycles. The molecule has 5 aromatic rings. The van der Waals surface area contributed by atoms with Gasteiger partial charge in [0.25, 0.3) is 0 Å². The molecule has 3 heterocycles. The monoisotopic (exact) mass is 462 g/mol. The molecule has 8 heteroatoms. The molecule has 33 heavy (non-hydrogen) atoms. The first-order valence-corrected chi connectivity index (χ1v) is 11.1. The first-order chi connectivity index (χ1) is 15.9. The van der Waals surface area contributed by atoms with E-state index in [0.717, 1.165) is 44.9 Å². The van der Waals surface area contributed by atoms with Crippen molar-refractivity contribution in [2.24, 2.45) is 12.8 Å². The average Bonchev–Trinajstić information content (AvgIpc) is 3.53. The van der Waals surface area contributed by atoms with Crippen molar-refractivity contribution in [1.29, 1.82) is 0 Å². The second kappa shape index (κ2) is 8.50. The van der Waals surface area contributed by atoms with Crippen LogP contribution >= 0.6 is 11.6 Å². The van der Waals surface area contributed by atoms with E-state index in [0.29, 0.717) is 11.4 Å². The van der Waals surface area contributed by atoms with Gasteiger partial charge < -0.3 is 15.7 Å². The summed E-state index contributed by atoms with van der Waals surface area (Å²) in [6, 6.07) is 13.7. The van der Waals surface area contributed by atoms with E-state index in [9.17, 15) is 4.39 Å². The molecule has 2 aromatic carbocycles. The van der Waals surface area contributed by atoms with Crippen molar-refractivity contribution in [2.75, 3.05) is 0 Å². The number of nitrogens with two attached hydrogens (primary N) is 1. The van der Waals surface area contributed by atoms with E-state index < -0.39 is 6.04 Å². The molecule has 0 saturated heterocycles. The van der Waals surface area contributed by atoms with Crippen molar-refractivity contribution in [2.45, 2.75) is 25.3 Å². The number of aromatic amines is 2. The topological polar surface area (TPSA) is 88.3 Å². The number of benzene rings is 2. The van der Waals surface area contributed by atoms with E-state index in [1.165, 1.54) is 12.1 Å². The predicted molar refractivity (Wildman–Crippen MR) is 129 cm³/mol. The van der Waals surface area contributed by atoms with Crippen molar-refractivity contribution in [3.05, 3.63) is 94.5 Å². The van der Waals surface area contributed by atoms with E-state index in [2.05, 4.69) is 22.0 Å². The smallest absolute Gasteiger partial charge is 0.123 e. The van der Waals surface area contributed by atoms with Gasteiger partial charge in [-0.2, -0.15) is 5.10 Å². The van der Waals surface area contributed by atoms with Crippen LogP contribution in [0, 0.1) is 5.82 Å². The highest BCUT2D eigenvalue weighted by Gasteiger charge is 2.23. The number of nitrogens with zero attached hydrogens (tertiary/aromatic N) is 3. The average molecular weight is 463 g/mol. The molecule has 0 spiro atoms. The largest absolute Gasteiger partial charge is 0.356 e. The molecule has 5 rings (SSSR count). The number of aryl methyl sites for hydroxylation is 1. The molecule has 0 radical (unpaired) electrons. The van der Waals surface area contributed by atoms with Gasteiger partial charge in [0.15, 0.2) is 0 Å². The number of imidazole rings is 1. The summed E-state index contributed by atoms with van der Waals surface area (Å²) in [6.45, 7) is 2.12. The van der Waals surface area contributed by atoms with Crippen LogP contribution < -0.4 is 5.73 Å². The zero-order valence-electron chi connectivity index (χ0n) is 18.3. The number of nitrogens with one attached hydrogen (secondary N) is 2. The second-order valence-corrected chi connectivity index (χ2v) is 8.82. The van der Waals surface area contributed by atoms with Crippen LogP contribution in [-0.2, 0) is 13.5 Å². The Labute approximate surface area is 195 Å². The quantitative estimate of drug-likeness (QED) is 0.312. The molecule has 0 fully saturated rings. The number of fused-ring (bicyclic) bond motifs is 1. The van der Waals surface area contributed by atoms with Gasteiger partial charge in [0, 0.05) is 52.5 Å². The normalized spacial score (nSPS) is 13.5. The molecule has 0 amide bonds. The Bertz CT molecular complexity index is 1410. The fourth-order valence-electron chi connectivity index (χ4n) is 4.24. The van der Waals surface area contributed by atoms with Crippen LogP contribution in [0.4, 0.5) is 4.39 Å². The number of hydrogen-bond donors (Lipinski definition) is 3. The SMILES string of the molecule is C[C@@H](Cc1c(C(N)c2ccn(C)n2)[nH]c2cc(Cl)ccc12)c1nc(-c2ccc(F)cc2)c[nH]1. The van der Waals surface area contributed by atoms with Crippen LogP contribution in [0.15, 0.2) is 60.9 Å². The van der Waals surface area contributed by atoms with E-state index in [-0.39, 0.29) is 11.7 Å². The number of hydrogen-bond acceptors (Lipinski definition) is 3. The van der Waals surface area contributed by atoms with E-state index in [1.807, 2.05) is 43.7 Å². The van der Waals surface area contributed by atoms with Crippen molar-refractivity contribution in [3.63, 3.8) is 0 Å². The van der Waals surface area contributed by atoms with Crippen molar-refractivity contribution in [3.8, 4) is 11.3 Å². The molecule has 0 bridgehead atoms. The van der Waals surface area contributed by atoms with Crippen molar-refractivity contribution >= 4 is 22.5 Å². The molecule has 1 unspecified atom stereocenters. The molecular weight excluding hydrogens is 439 g/mol. The molecular formula is C25H24ClFN6. The number of H-pyrrole nitrogens is 2. The Balaban J connectivity index is 1.49. The van der Waals surface area contributed by atoms with Gasteiger partial charge in [-0.15, -0.1) is 0 Å². The minimum absolute atomic E-state index is 0.0866. The second-order valence-electron chi connectivity index (χ2n) is 8.38. The van der Waals surface area contributed by atoms with Gasteiger partial charge in [-0.05, 0) is 54.4 Å². The lowest BCUT2D eigenvalue weighted by Crippen LogP contribution is -2.16. The van der Waals surface area contributed by atoms with E-state index in [4.69, 9.17) is 22.3 Å². The Morgan fingerprint density at radius 2 is 1.94 bits per heavy atom. The summed E-state index contributed by atoms with van der Waals surface area (Å²) in [6.07, 6.45) is 4.46. The minimum atomic E-state index is -0.397. The highest BCUT2D eigenvalue weighted by Crippen LogP contribution is 2.34. The zero-order chi connectivity index (χ0) is 23.1. The Hall–Kier alpha value is -3.42. The maximum absolute atomic E-state index is 13.3. The third kappa shape index (κ3) is 4.17. The van der Waals surface area contributed by atoms with Gasteiger partial charge in [0.2, 0.25) is 0 Å². The summed E-state index contributed by atoms with van der Waals surface area (Å²) < 4.78 is 15.0. The fourth-order valence-corrected chi connectivity index (χ4v) is 4.41. The Morgan fingerprint density at radius 1 is 1.15 bits per heavy atom. The lowest BCUT2D eigenvalue weighted by molar-refractivity contribution is 0.628. The third-order valence-electron chi connectivity index (χ3n) is 5.98. The number of halogens is 2. The summed E-state index contributed by atoms with van der Waals surface area (Å²) in [5.41, 5.74) is 12.1. The zero-order valence-corrected chi connectivity index (χ0v) is 19.1. The molecule has 6 nitrogen and oxygen atoms in total. The van der Waals surface area contributed by atoms with E-state index in [1.54, 1.807) is 16.8 Å². The molecule has 0 saturated carbocycles. The first kappa shape index (κ1) is 21.4. The fraction of sp³-hybridized carbons (Fsp3) is 0.200. The Kier molecular flexibility index (Phi) is 5.52. The molecule has 4 N–H and O–H groups in total. The molecule has 0 aliphatic carbocycles. The molecule has 2 atom stereocenters. The Morgan fingerprint density at radius 3 is 2.67 bits per heavy atom. The van der Waals surface area contributed by atoms with Crippen LogP contribution in [0.3, 0.4) is 0 Å². The number of aromatic nitrogens is 5. The third-order valence-corrected chi connectivity index (χ3v) is 6.21. The number of rotatable bonds is 6. The van der Waals surface area contributed by atoms with Gasteiger partial charge in [0.05, 0.1) is 17.4 Å². The maximum atomic E-state index is 13.3. The summed E-state index contributed by atoms with van der Waals surface area (Å²) in [4.78, 5) is 11.5. The highest BCUT2D eigenvalue weighted by atomic mass is 35.5. The van der Waals surface area contributed by atoms with Crippen LogP contribution in [0.25, 0.3) is 22.2 Å². The van der Waals surface area contributed by atoms with Crippen LogP contribution in [0.1, 0.15) is 41.7 Å². The molecule has 168 valence electrons. The lowest BCUT2D eigenvalue weighted by atomic mass is 9.95. The van der Waals surface area contributed by atoms with Gasteiger partial charge >= 0.3 is 0 Å². The summed E-state index contributed by atoms with van der Waals surface area (Å²) in [7, 11) is 1.87. The van der Waals surface area contributed by atoms with Crippen molar-refractivity contribution in [1.82, 2.24) is 24.7 Å². The molecule has 0 aliphatic heterocycles. The first-order valence-electron chi connectivity index (χ1n) is 10.8. The van der Waals surface area contributed by atoms with Gasteiger partial charge in [-0.1, -0.05) is 24.6 Å². The summed E-state index contributed by atoms with van der Waals surface area (Å²) in [5.74, 6) is 0.678. The van der Waals surface area contributed by atoms with Gasteiger partial charge in [-0.25, -0.2) is 9.37 Å². The van der Waals surface area contributed by atoms with Crippen molar-refractivity contribution < 1.29 is 4.39 Å². The standard InChI is InChI=1S/C25H24ClFN6/c1-14(25-29-13-22(31-25)15-3-6-17(27)7-4-15)11-19-18-8-5-16(26)12-21(18)30-24(19)23(28)20-9-10-33(2)32-20/h3-10,12-14,23,30H,11,28H2,1-2H3,(H,29,31)/t14-,23?/m0/s1. The van der Waals surface area contributed by atoms with Crippen LogP contribution in [0.5, 0.6) is 0 Å². The van der Waals surface area contributed by atoms with Gasteiger partial charge in [-0.3, -0.25) is 4.68 Å². The molecule has 0 aliphatic rings. The van der Waals surface area contributed by atoms with Crippen LogP contribution in [0.2, 0.25) is 5.02 Å². The highest BCUT2D eigenvalue weighted by molar-refractivity contribution is 6.31. The van der Waals surface area contributed by atoms with E-state index >= 15 is 0 Å². The summed E-state index contributed by atoms with van der Waals surface area (Å²) in [5, 5.41) is 6.24. The van der Waals surface area contributed by atoms with Crippen LogP contribution in [-0.4, -0.2) is 24.7 Å². The predicted octanol–water partition coefficient (Wildman–Crippen LogP) is 5.48. The summed E-state index contributed by atoms with van der Waals surface area (Å²) >= 11 is 6.25. The van der Waals surface area contributed by atoms with Gasteiger partial charge in [0.1, 0.15) is 11.6 Å². The maximum Gasteiger partial charge on any atom is 0.123 e. The minimum Gasteiger partial charge on any atom is -0.356 e. The lowest BCUT2D eigenvalue weighted by Gasteiger charge is -2.14.